The van der Waals surface area contributed by atoms with Crippen molar-refractivity contribution >= 4 is 22.8 Å². The quantitative estimate of drug-likeness (QED) is 0.770. The van der Waals surface area contributed by atoms with E-state index in [1.165, 1.54) is 30.6 Å². The van der Waals surface area contributed by atoms with Crippen molar-refractivity contribution in [3.05, 3.63) is 10.6 Å². The lowest BCUT2D eigenvalue weighted by Gasteiger charge is -2.29. The number of nitrogens with zero attached hydrogens (tertiary/aromatic N) is 2. The Balaban J connectivity index is 2.08. The van der Waals surface area contributed by atoms with Gasteiger partial charge in [-0.1, -0.05) is 32.1 Å². The fraction of sp³-hybridized carbons (Fsp3) is 0.733. The third-order valence-electron chi connectivity index (χ3n) is 4.15. The summed E-state index contributed by atoms with van der Waals surface area (Å²) in [7, 11) is 0. The van der Waals surface area contributed by atoms with Crippen LogP contribution in [0.3, 0.4) is 0 Å². The van der Waals surface area contributed by atoms with Gasteiger partial charge in [-0.15, -0.1) is 0 Å². The van der Waals surface area contributed by atoms with Crippen LogP contribution in [-0.4, -0.2) is 24.4 Å². The van der Waals surface area contributed by atoms with E-state index in [1.807, 2.05) is 6.92 Å². The SMILES string of the molecule is Cc1nc(N2CCCC(C(C)(C)C)CC2)sc1C=O. The molecule has 19 heavy (non-hydrogen) atoms. The van der Waals surface area contributed by atoms with Crippen molar-refractivity contribution < 1.29 is 4.79 Å². The molecular formula is C15H24N2OS. The maximum absolute atomic E-state index is 10.9. The molecule has 0 aliphatic carbocycles. The first-order valence-electron chi connectivity index (χ1n) is 7.09. The molecule has 1 unspecified atom stereocenters. The van der Waals surface area contributed by atoms with E-state index in [-0.39, 0.29) is 0 Å². The highest BCUT2D eigenvalue weighted by molar-refractivity contribution is 7.17. The van der Waals surface area contributed by atoms with Crippen molar-refractivity contribution in [2.45, 2.75) is 47.0 Å². The fourth-order valence-electron chi connectivity index (χ4n) is 2.79. The maximum Gasteiger partial charge on any atom is 0.186 e. The molecule has 2 rings (SSSR count). The van der Waals surface area contributed by atoms with Crippen LogP contribution >= 0.6 is 11.3 Å². The zero-order valence-corrected chi connectivity index (χ0v) is 13.2. The number of aryl methyl sites for hydroxylation is 1. The highest BCUT2D eigenvalue weighted by atomic mass is 32.1. The largest absolute Gasteiger partial charge is 0.348 e. The van der Waals surface area contributed by atoms with Gasteiger partial charge in [-0.25, -0.2) is 4.98 Å². The van der Waals surface area contributed by atoms with Crippen molar-refractivity contribution in [2.75, 3.05) is 18.0 Å². The first-order chi connectivity index (χ1) is 8.91. The molecule has 1 fully saturated rings. The van der Waals surface area contributed by atoms with Crippen LogP contribution in [-0.2, 0) is 0 Å². The van der Waals surface area contributed by atoms with Gasteiger partial charge in [-0.3, -0.25) is 4.79 Å². The molecule has 0 amide bonds. The predicted molar refractivity (Wildman–Crippen MR) is 81.2 cm³/mol. The second-order valence-corrected chi connectivity index (χ2v) is 7.55. The number of carbonyl (C=O) groups is 1. The van der Waals surface area contributed by atoms with Gasteiger partial charge in [-0.05, 0) is 37.5 Å². The number of rotatable bonds is 2. The van der Waals surface area contributed by atoms with Gasteiger partial charge in [0.2, 0.25) is 0 Å². The molecule has 0 spiro atoms. The normalized spacial score (nSPS) is 21.3. The summed E-state index contributed by atoms with van der Waals surface area (Å²) in [6.07, 6.45) is 4.66. The molecule has 1 aliphatic rings. The van der Waals surface area contributed by atoms with Crippen molar-refractivity contribution in [1.29, 1.82) is 0 Å². The lowest BCUT2D eigenvalue weighted by Crippen LogP contribution is -2.25. The molecule has 1 aromatic rings. The molecule has 1 aliphatic heterocycles. The summed E-state index contributed by atoms with van der Waals surface area (Å²) >= 11 is 1.53. The summed E-state index contributed by atoms with van der Waals surface area (Å²) in [4.78, 5) is 18.6. The van der Waals surface area contributed by atoms with Crippen LogP contribution in [0.4, 0.5) is 5.13 Å². The number of aromatic nitrogens is 1. The number of aldehydes is 1. The molecule has 3 nitrogen and oxygen atoms in total. The Bertz CT molecular complexity index is 447. The molecule has 0 bridgehead atoms. The summed E-state index contributed by atoms with van der Waals surface area (Å²) in [5, 5.41) is 1.02. The molecular weight excluding hydrogens is 256 g/mol. The van der Waals surface area contributed by atoms with E-state index >= 15 is 0 Å². The first kappa shape index (κ1) is 14.5. The Hall–Kier alpha value is -0.900. The molecule has 1 aromatic heterocycles. The summed E-state index contributed by atoms with van der Waals surface area (Å²) in [5.41, 5.74) is 1.26. The van der Waals surface area contributed by atoms with Crippen molar-refractivity contribution in [3.63, 3.8) is 0 Å². The molecule has 0 aromatic carbocycles. The van der Waals surface area contributed by atoms with E-state index in [1.54, 1.807) is 0 Å². The van der Waals surface area contributed by atoms with Gasteiger partial charge in [0.25, 0.3) is 0 Å². The van der Waals surface area contributed by atoms with Crippen LogP contribution in [0.5, 0.6) is 0 Å². The van der Waals surface area contributed by atoms with Crippen LogP contribution in [0.1, 0.15) is 55.4 Å². The van der Waals surface area contributed by atoms with Gasteiger partial charge < -0.3 is 4.90 Å². The average Bonchev–Trinajstić information content (AvgIpc) is 2.57. The topological polar surface area (TPSA) is 33.2 Å². The maximum atomic E-state index is 10.9. The second-order valence-electron chi connectivity index (χ2n) is 6.54. The predicted octanol–water partition coefficient (Wildman–Crippen LogP) is 3.92. The van der Waals surface area contributed by atoms with E-state index < -0.39 is 0 Å². The van der Waals surface area contributed by atoms with Gasteiger partial charge in [-0.2, -0.15) is 0 Å². The van der Waals surface area contributed by atoms with E-state index in [0.717, 1.165) is 41.0 Å². The van der Waals surface area contributed by atoms with E-state index in [4.69, 9.17) is 0 Å². The van der Waals surface area contributed by atoms with E-state index in [0.29, 0.717) is 5.41 Å². The molecule has 2 heterocycles. The summed E-state index contributed by atoms with van der Waals surface area (Å²) in [6, 6.07) is 0. The zero-order valence-electron chi connectivity index (χ0n) is 12.4. The van der Waals surface area contributed by atoms with Gasteiger partial charge in [0.05, 0.1) is 10.6 Å². The molecule has 0 radical (unpaired) electrons. The third-order valence-corrected chi connectivity index (χ3v) is 5.30. The summed E-state index contributed by atoms with van der Waals surface area (Å²) in [6.45, 7) is 11.1. The van der Waals surface area contributed by atoms with Crippen LogP contribution in [0.25, 0.3) is 0 Å². The van der Waals surface area contributed by atoms with Crippen molar-refractivity contribution in [2.24, 2.45) is 11.3 Å². The number of carbonyl (C=O) groups excluding carboxylic acids is 1. The number of anilines is 1. The Morgan fingerprint density at radius 2 is 2.05 bits per heavy atom. The van der Waals surface area contributed by atoms with Crippen LogP contribution in [0.2, 0.25) is 0 Å². The highest BCUT2D eigenvalue weighted by Gasteiger charge is 2.27. The summed E-state index contributed by atoms with van der Waals surface area (Å²) < 4.78 is 0. The monoisotopic (exact) mass is 280 g/mol. The highest BCUT2D eigenvalue weighted by Crippen LogP contribution is 2.36. The van der Waals surface area contributed by atoms with Crippen LogP contribution in [0.15, 0.2) is 0 Å². The minimum atomic E-state index is 0.392. The number of thiazole rings is 1. The lowest BCUT2D eigenvalue weighted by atomic mass is 9.77. The average molecular weight is 280 g/mol. The van der Waals surface area contributed by atoms with Gasteiger partial charge in [0.1, 0.15) is 0 Å². The Morgan fingerprint density at radius 3 is 2.63 bits per heavy atom. The number of hydrogen-bond donors (Lipinski definition) is 0. The lowest BCUT2D eigenvalue weighted by molar-refractivity contribution is 0.112. The Labute approximate surface area is 120 Å². The molecule has 1 saturated heterocycles. The van der Waals surface area contributed by atoms with E-state index in [2.05, 4.69) is 30.7 Å². The van der Waals surface area contributed by atoms with Crippen molar-refractivity contribution in [1.82, 2.24) is 4.98 Å². The smallest absolute Gasteiger partial charge is 0.186 e. The zero-order chi connectivity index (χ0) is 14.0. The van der Waals surface area contributed by atoms with Crippen LogP contribution < -0.4 is 4.90 Å². The third kappa shape index (κ3) is 3.35. The van der Waals surface area contributed by atoms with Gasteiger partial charge in [0.15, 0.2) is 11.4 Å². The van der Waals surface area contributed by atoms with Crippen LogP contribution in [0, 0.1) is 18.3 Å². The van der Waals surface area contributed by atoms with Gasteiger partial charge in [0, 0.05) is 13.1 Å². The van der Waals surface area contributed by atoms with E-state index in [9.17, 15) is 4.79 Å². The Kier molecular flexibility index (Phi) is 4.29. The first-order valence-corrected chi connectivity index (χ1v) is 7.91. The second kappa shape index (κ2) is 5.61. The minimum absolute atomic E-state index is 0.392. The summed E-state index contributed by atoms with van der Waals surface area (Å²) in [5.74, 6) is 0.782. The minimum Gasteiger partial charge on any atom is -0.348 e. The molecule has 106 valence electrons. The molecule has 4 heteroatoms. The number of hydrogen-bond acceptors (Lipinski definition) is 4. The fourth-order valence-corrected chi connectivity index (χ4v) is 3.72. The van der Waals surface area contributed by atoms with Gasteiger partial charge >= 0.3 is 0 Å². The van der Waals surface area contributed by atoms with Crippen molar-refractivity contribution in [3.8, 4) is 0 Å². The molecule has 0 saturated carbocycles. The standard InChI is InChI=1S/C15H24N2OS/c1-11-13(10-18)19-14(16-11)17-8-5-6-12(7-9-17)15(2,3)4/h10,12H,5-9H2,1-4H3. The Morgan fingerprint density at radius 1 is 1.32 bits per heavy atom. The molecule has 1 atom stereocenters. The molecule has 0 N–H and O–H groups in total.